The number of nitrogens with zero attached hydrogens (tertiary/aromatic N) is 3. The van der Waals surface area contributed by atoms with E-state index in [1.54, 1.807) is 16.2 Å². The van der Waals surface area contributed by atoms with Gasteiger partial charge in [-0.3, -0.25) is 9.59 Å². The number of anilines is 2. The van der Waals surface area contributed by atoms with Crippen molar-refractivity contribution in [1.82, 2.24) is 20.4 Å². The summed E-state index contributed by atoms with van der Waals surface area (Å²) in [6.45, 7) is 7.01. The van der Waals surface area contributed by atoms with Crippen molar-refractivity contribution in [2.24, 2.45) is 0 Å². The minimum atomic E-state index is -0.163. The first kappa shape index (κ1) is 23.2. The molecule has 0 radical (unpaired) electrons. The van der Waals surface area contributed by atoms with E-state index in [2.05, 4.69) is 46.8 Å². The predicted octanol–water partition coefficient (Wildman–Crippen LogP) is 4.22. The van der Waals surface area contributed by atoms with Crippen molar-refractivity contribution in [3.8, 4) is 0 Å². The number of benzene rings is 1. The summed E-state index contributed by atoms with van der Waals surface area (Å²) < 4.78 is 0.706. The Bertz CT molecular complexity index is 1020. The Labute approximate surface area is 194 Å². The Morgan fingerprint density at radius 1 is 1.16 bits per heavy atom. The molecule has 2 N–H and O–H groups in total. The highest BCUT2D eigenvalue weighted by Gasteiger charge is 2.17. The van der Waals surface area contributed by atoms with Gasteiger partial charge < -0.3 is 15.5 Å². The number of carbonyl (C=O) groups is 2. The first-order chi connectivity index (χ1) is 14.9. The molecule has 7 nitrogen and oxygen atoms in total. The van der Waals surface area contributed by atoms with Gasteiger partial charge in [-0.1, -0.05) is 35.2 Å². The highest BCUT2D eigenvalue weighted by atomic mass is 32.2. The molecule has 0 aliphatic carbocycles. The quantitative estimate of drug-likeness (QED) is 0.427. The van der Waals surface area contributed by atoms with Crippen LogP contribution in [0.2, 0.25) is 0 Å². The van der Waals surface area contributed by atoms with E-state index >= 15 is 0 Å². The molecule has 2 aromatic heterocycles. The Hall–Kier alpha value is -2.43. The lowest BCUT2D eigenvalue weighted by atomic mass is 10.1. The second-order valence-electron chi connectivity index (χ2n) is 6.85. The number of hydrogen-bond donors (Lipinski definition) is 2. The van der Waals surface area contributed by atoms with E-state index in [9.17, 15) is 9.59 Å². The third kappa shape index (κ3) is 7.05. The number of likely N-dealkylation sites (N-methyl/N-ethyl adjacent to an activating group) is 1. The standard InChI is InChI=1S/C21H25N5O2S3/c1-4-26(12-18(27)22-11-17-6-5-9-29-17)19(28)13-30-21-25-24-20(31-21)23-16-8-7-14(2)15(3)10-16/h5-10H,4,11-13H2,1-3H3,(H,22,27)(H,23,24). The van der Waals surface area contributed by atoms with Gasteiger partial charge in [0.2, 0.25) is 16.9 Å². The molecule has 0 fully saturated rings. The summed E-state index contributed by atoms with van der Waals surface area (Å²) in [6, 6.07) is 10.0. The van der Waals surface area contributed by atoms with Crippen molar-refractivity contribution in [2.75, 3.05) is 24.2 Å². The van der Waals surface area contributed by atoms with Crippen LogP contribution in [-0.4, -0.2) is 45.8 Å². The fourth-order valence-electron chi connectivity index (χ4n) is 2.68. The summed E-state index contributed by atoms with van der Waals surface area (Å²) in [5, 5.41) is 17.1. The molecule has 0 saturated heterocycles. The highest BCUT2D eigenvalue weighted by Crippen LogP contribution is 2.28. The Kier molecular flexibility index (Phi) is 8.44. The molecule has 3 aromatic rings. The van der Waals surface area contributed by atoms with Gasteiger partial charge in [0, 0.05) is 17.1 Å². The van der Waals surface area contributed by atoms with Crippen molar-refractivity contribution >= 4 is 57.1 Å². The molecule has 31 heavy (non-hydrogen) atoms. The molecule has 0 aliphatic rings. The van der Waals surface area contributed by atoms with Crippen LogP contribution in [0.4, 0.5) is 10.8 Å². The van der Waals surface area contributed by atoms with Crippen LogP contribution in [0.25, 0.3) is 0 Å². The number of hydrogen-bond acceptors (Lipinski definition) is 8. The minimum Gasteiger partial charge on any atom is -0.350 e. The monoisotopic (exact) mass is 475 g/mol. The molecule has 0 unspecified atom stereocenters. The molecule has 2 heterocycles. The van der Waals surface area contributed by atoms with Gasteiger partial charge in [0.05, 0.1) is 18.8 Å². The van der Waals surface area contributed by atoms with Gasteiger partial charge in [0.25, 0.3) is 0 Å². The number of thiophene rings is 1. The number of thioether (sulfide) groups is 1. The van der Waals surface area contributed by atoms with Gasteiger partial charge in [0.15, 0.2) is 4.34 Å². The molecular weight excluding hydrogens is 450 g/mol. The van der Waals surface area contributed by atoms with Crippen LogP contribution in [0.1, 0.15) is 22.9 Å². The average Bonchev–Trinajstić information content (AvgIpc) is 3.43. The minimum absolute atomic E-state index is 0.0525. The number of nitrogens with one attached hydrogen (secondary N) is 2. The van der Waals surface area contributed by atoms with Gasteiger partial charge in [-0.25, -0.2) is 0 Å². The zero-order chi connectivity index (χ0) is 22.2. The fourth-order valence-corrected chi connectivity index (χ4v) is 5.00. The molecule has 3 rings (SSSR count). The van der Waals surface area contributed by atoms with Gasteiger partial charge in [-0.2, -0.15) is 0 Å². The molecular formula is C21H25N5O2S3. The topological polar surface area (TPSA) is 87.2 Å². The van der Waals surface area contributed by atoms with Crippen LogP contribution >= 0.6 is 34.4 Å². The Morgan fingerprint density at radius 3 is 2.71 bits per heavy atom. The van der Waals surface area contributed by atoms with Crippen LogP contribution in [-0.2, 0) is 16.1 Å². The van der Waals surface area contributed by atoms with Crippen molar-refractivity contribution in [3.05, 3.63) is 51.7 Å². The van der Waals surface area contributed by atoms with Gasteiger partial charge in [-0.05, 0) is 55.5 Å². The Morgan fingerprint density at radius 2 is 2.00 bits per heavy atom. The second kappa shape index (κ2) is 11.3. The summed E-state index contributed by atoms with van der Waals surface area (Å²) >= 11 is 4.32. The summed E-state index contributed by atoms with van der Waals surface area (Å²) in [5.41, 5.74) is 3.39. The second-order valence-corrected chi connectivity index (χ2v) is 10.1. The fraction of sp³-hybridized carbons (Fsp3) is 0.333. The predicted molar refractivity (Wildman–Crippen MR) is 128 cm³/mol. The number of carbonyl (C=O) groups excluding carboxylic acids is 2. The van der Waals surface area contributed by atoms with E-state index < -0.39 is 0 Å². The first-order valence-electron chi connectivity index (χ1n) is 9.82. The van der Waals surface area contributed by atoms with Crippen LogP contribution < -0.4 is 10.6 Å². The molecule has 0 atom stereocenters. The SMILES string of the molecule is CCN(CC(=O)NCc1cccs1)C(=O)CSc1nnc(Nc2ccc(C)c(C)c2)s1. The van der Waals surface area contributed by atoms with Gasteiger partial charge in [0.1, 0.15) is 0 Å². The molecule has 0 saturated carbocycles. The van der Waals surface area contributed by atoms with E-state index in [0.717, 1.165) is 10.6 Å². The lowest BCUT2D eigenvalue weighted by Gasteiger charge is -2.19. The molecule has 1 aromatic carbocycles. The van der Waals surface area contributed by atoms with E-state index in [-0.39, 0.29) is 24.1 Å². The number of amides is 2. The van der Waals surface area contributed by atoms with E-state index in [4.69, 9.17) is 0 Å². The summed E-state index contributed by atoms with van der Waals surface area (Å²) in [6.07, 6.45) is 0. The zero-order valence-electron chi connectivity index (χ0n) is 17.7. The number of aromatic nitrogens is 2. The highest BCUT2D eigenvalue weighted by molar-refractivity contribution is 8.01. The molecule has 2 amide bonds. The van der Waals surface area contributed by atoms with Crippen molar-refractivity contribution in [2.45, 2.75) is 31.7 Å². The maximum atomic E-state index is 12.6. The van der Waals surface area contributed by atoms with Crippen LogP contribution in [0.3, 0.4) is 0 Å². The van der Waals surface area contributed by atoms with Crippen molar-refractivity contribution < 1.29 is 9.59 Å². The smallest absolute Gasteiger partial charge is 0.239 e. The van der Waals surface area contributed by atoms with Gasteiger partial charge in [-0.15, -0.1) is 21.5 Å². The summed E-state index contributed by atoms with van der Waals surface area (Å²) in [5.74, 6) is -0.0494. The molecule has 164 valence electrons. The lowest BCUT2D eigenvalue weighted by Crippen LogP contribution is -2.41. The van der Waals surface area contributed by atoms with Crippen molar-refractivity contribution in [3.63, 3.8) is 0 Å². The van der Waals surface area contributed by atoms with Crippen LogP contribution in [0.15, 0.2) is 40.1 Å². The Balaban J connectivity index is 1.46. The van der Waals surface area contributed by atoms with Crippen LogP contribution in [0, 0.1) is 13.8 Å². The van der Waals surface area contributed by atoms with Crippen LogP contribution in [0.5, 0.6) is 0 Å². The zero-order valence-corrected chi connectivity index (χ0v) is 20.1. The summed E-state index contributed by atoms with van der Waals surface area (Å²) in [4.78, 5) is 27.4. The molecule has 0 aliphatic heterocycles. The summed E-state index contributed by atoms with van der Waals surface area (Å²) in [7, 11) is 0. The maximum Gasteiger partial charge on any atom is 0.239 e. The maximum absolute atomic E-state index is 12.6. The largest absolute Gasteiger partial charge is 0.350 e. The first-order valence-corrected chi connectivity index (χ1v) is 12.5. The lowest BCUT2D eigenvalue weighted by molar-refractivity contribution is -0.133. The number of aryl methyl sites for hydroxylation is 2. The molecule has 0 bridgehead atoms. The number of rotatable bonds is 10. The van der Waals surface area contributed by atoms with E-state index in [1.807, 2.05) is 30.5 Å². The van der Waals surface area contributed by atoms with E-state index in [1.165, 1.54) is 34.2 Å². The average molecular weight is 476 g/mol. The third-order valence-corrected chi connectivity index (χ3v) is 7.43. The van der Waals surface area contributed by atoms with Crippen molar-refractivity contribution in [1.29, 1.82) is 0 Å². The van der Waals surface area contributed by atoms with E-state index in [0.29, 0.717) is 22.6 Å². The normalized spacial score (nSPS) is 10.7. The third-order valence-electron chi connectivity index (χ3n) is 4.59. The van der Waals surface area contributed by atoms with Gasteiger partial charge >= 0.3 is 0 Å². The molecule has 0 spiro atoms. The molecule has 10 heteroatoms.